The highest BCUT2D eigenvalue weighted by molar-refractivity contribution is 8.02. The van der Waals surface area contributed by atoms with Gasteiger partial charge in [0, 0.05) is 30.5 Å². The van der Waals surface area contributed by atoms with Gasteiger partial charge in [-0.1, -0.05) is 26.8 Å². The predicted molar refractivity (Wildman–Crippen MR) is 139 cm³/mol. The molecule has 3 aliphatic heterocycles. The zero-order valence-electron chi connectivity index (χ0n) is 22.3. The molecule has 7 nitrogen and oxygen atoms in total. The number of hydrogen-bond donors (Lipinski definition) is 1. The summed E-state index contributed by atoms with van der Waals surface area (Å²) in [4.78, 5) is 45.0. The van der Waals surface area contributed by atoms with Gasteiger partial charge in [0.1, 0.15) is 6.04 Å². The SMILES string of the molecule is C=CCN(C(=O)C1N(CCCCO)C(=O)[C@@H]2[C@H](C(=O)OCC)[C@@H]3CCC12S3)C(C)(C)CC(C)(C)C. The van der Waals surface area contributed by atoms with Crippen molar-refractivity contribution in [1.82, 2.24) is 9.80 Å². The molecule has 2 bridgehead atoms. The first-order chi connectivity index (χ1) is 16.3. The van der Waals surface area contributed by atoms with Crippen molar-refractivity contribution in [3.8, 4) is 0 Å². The first-order valence-electron chi connectivity index (χ1n) is 13.0. The molecule has 1 spiro atoms. The van der Waals surface area contributed by atoms with Crippen molar-refractivity contribution in [3.63, 3.8) is 0 Å². The molecular weight excluding hydrogens is 464 g/mol. The van der Waals surface area contributed by atoms with E-state index in [1.54, 1.807) is 29.7 Å². The number of aliphatic hydroxyl groups is 1. The van der Waals surface area contributed by atoms with Crippen LogP contribution in [0.25, 0.3) is 0 Å². The molecule has 0 aromatic rings. The molecule has 3 fully saturated rings. The van der Waals surface area contributed by atoms with Crippen molar-refractivity contribution in [2.24, 2.45) is 17.3 Å². The van der Waals surface area contributed by atoms with Gasteiger partial charge in [0.2, 0.25) is 11.8 Å². The molecule has 198 valence electrons. The molecule has 5 atom stereocenters. The van der Waals surface area contributed by atoms with E-state index in [0.29, 0.717) is 25.9 Å². The molecule has 0 saturated carbocycles. The first-order valence-corrected chi connectivity index (χ1v) is 13.9. The van der Waals surface area contributed by atoms with Crippen LogP contribution in [0.4, 0.5) is 0 Å². The van der Waals surface area contributed by atoms with Gasteiger partial charge in [0.15, 0.2) is 0 Å². The van der Waals surface area contributed by atoms with Crippen LogP contribution in [0.15, 0.2) is 12.7 Å². The Morgan fingerprint density at radius 2 is 1.97 bits per heavy atom. The number of amides is 2. The van der Waals surface area contributed by atoms with Gasteiger partial charge >= 0.3 is 5.97 Å². The Kier molecular flexibility index (Phi) is 8.37. The van der Waals surface area contributed by atoms with Crippen molar-refractivity contribution >= 4 is 29.5 Å². The second-order valence-corrected chi connectivity index (χ2v) is 13.7. The Morgan fingerprint density at radius 1 is 1.29 bits per heavy atom. The van der Waals surface area contributed by atoms with E-state index in [-0.39, 0.29) is 41.7 Å². The molecule has 0 radical (unpaired) electrons. The fourth-order valence-electron chi connectivity index (χ4n) is 6.88. The number of fused-ring (bicyclic) bond motifs is 1. The zero-order chi connectivity index (χ0) is 26.2. The number of unbranched alkanes of at least 4 members (excludes halogenated alkanes) is 1. The van der Waals surface area contributed by atoms with Gasteiger partial charge in [-0.25, -0.2) is 0 Å². The van der Waals surface area contributed by atoms with Crippen molar-refractivity contribution in [3.05, 3.63) is 12.7 Å². The molecule has 3 saturated heterocycles. The number of nitrogens with zero attached hydrogens (tertiary/aromatic N) is 2. The molecule has 0 aromatic heterocycles. The maximum absolute atomic E-state index is 14.5. The van der Waals surface area contributed by atoms with Crippen LogP contribution in [-0.2, 0) is 19.1 Å². The van der Waals surface area contributed by atoms with Gasteiger partial charge in [-0.05, 0) is 58.3 Å². The molecule has 1 N–H and O–H groups in total. The second kappa shape index (κ2) is 10.4. The lowest BCUT2D eigenvalue weighted by atomic mass is 9.71. The Bertz CT molecular complexity index is 838. The zero-order valence-corrected chi connectivity index (χ0v) is 23.2. The summed E-state index contributed by atoms with van der Waals surface area (Å²) in [6, 6.07) is -0.632. The summed E-state index contributed by atoms with van der Waals surface area (Å²) in [6.07, 6.45) is 5.26. The monoisotopic (exact) mass is 508 g/mol. The lowest BCUT2D eigenvalue weighted by Gasteiger charge is -2.46. The van der Waals surface area contributed by atoms with Crippen LogP contribution < -0.4 is 0 Å². The van der Waals surface area contributed by atoms with Crippen molar-refractivity contribution in [1.29, 1.82) is 0 Å². The van der Waals surface area contributed by atoms with E-state index < -0.39 is 28.2 Å². The van der Waals surface area contributed by atoms with Gasteiger partial charge in [-0.15, -0.1) is 18.3 Å². The van der Waals surface area contributed by atoms with Gasteiger partial charge < -0.3 is 19.6 Å². The van der Waals surface area contributed by atoms with E-state index in [4.69, 9.17) is 4.74 Å². The van der Waals surface area contributed by atoms with E-state index in [0.717, 1.165) is 19.3 Å². The van der Waals surface area contributed by atoms with Crippen LogP contribution in [0.5, 0.6) is 0 Å². The highest BCUT2D eigenvalue weighted by atomic mass is 32.2. The van der Waals surface area contributed by atoms with Crippen molar-refractivity contribution in [2.75, 3.05) is 26.3 Å². The number of aliphatic hydroxyl groups excluding tert-OH is 1. The largest absolute Gasteiger partial charge is 0.466 e. The third kappa shape index (κ3) is 5.15. The topological polar surface area (TPSA) is 87.2 Å². The summed E-state index contributed by atoms with van der Waals surface area (Å²) < 4.78 is 4.77. The van der Waals surface area contributed by atoms with Gasteiger partial charge in [0.25, 0.3) is 0 Å². The van der Waals surface area contributed by atoms with Gasteiger partial charge in [0.05, 0.1) is 23.2 Å². The summed E-state index contributed by atoms with van der Waals surface area (Å²) in [5.41, 5.74) is -0.439. The lowest BCUT2D eigenvalue weighted by molar-refractivity contribution is -0.153. The average Bonchev–Trinajstić information content (AvgIpc) is 3.38. The van der Waals surface area contributed by atoms with Crippen molar-refractivity contribution in [2.45, 2.75) is 95.2 Å². The van der Waals surface area contributed by atoms with E-state index in [1.165, 1.54) is 0 Å². The second-order valence-electron chi connectivity index (χ2n) is 12.1. The Morgan fingerprint density at radius 3 is 2.54 bits per heavy atom. The summed E-state index contributed by atoms with van der Waals surface area (Å²) in [7, 11) is 0. The normalized spacial score (nSPS) is 29.9. The fourth-order valence-corrected chi connectivity index (χ4v) is 9.08. The van der Waals surface area contributed by atoms with Gasteiger partial charge in [-0.3, -0.25) is 14.4 Å². The Labute approximate surface area is 215 Å². The smallest absolute Gasteiger partial charge is 0.310 e. The number of hydrogen-bond acceptors (Lipinski definition) is 6. The molecule has 3 heterocycles. The number of thioether (sulfide) groups is 1. The third-order valence-corrected chi connectivity index (χ3v) is 9.62. The molecular formula is C27H44N2O5S. The summed E-state index contributed by atoms with van der Waals surface area (Å²) >= 11 is 1.67. The molecule has 3 aliphatic rings. The minimum absolute atomic E-state index is 0.00585. The highest BCUT2D eigenvalue weighted by Crippen LogP contribution is 2.66. The van der Waals surface area contributed by atoms with Crippen LogP contribution >= 0.6 is 11.8 Å². The minimum Gasteiger partial charge on any atom is -0.466 e. The van der Waals surface area contributed by atoms with E-state index in [2.05, 4.69) is 41.2 Å². The van der Waals surface area contributed by atoms with E-state index in [1.807, 2.05) is 4.90 Å². The number of carbonyl (C=O) groups is 3. The number of carbonyl (C=O) groups excluding carboxylic acids is 3. The first kappa shape index (κ1) is 28.0. The molecule has 8 heteroatoms. The molecule has 3 rings (SSSR count). The molecule has 2 amide bonds. The third-order valence-electron chi connectivity index (χ3n) is 7.67. The molecule has 0 aromatic carbocycles. The van der Waals surface area contributed by atoms with Crippen LogP contribution in [0.3, 0.4) is 0 Å². The maximum atomic E-state index is 14.5. The summed E-state index contributed by atoms with van der Waals surface area (Å²) in [5, 5.41) is 9.35. The molecule has 35 heavy (non-hydrogen) atoms. The summed E-state index contributed by atoms with van der Waals surface area (Å²) in [6.45, 7) is 17.5. The highest BCUT2D eigenvalue weighted by Gasteiger charge is 2.74. The lowest BCUT2D eigenvalue weighted by Crippen LogP contribution is -2.60. The Hall–Kier alpha value is -1.54. The summed E-state index contributed by atoms with van der Waals surface area (Å²) in [5.74, 6) is -1.53. The standard InChI is InChI=1S/C27H44N2O5S/c1-8-14-29(26(6,7)17-25(3,4)5)23(32)21-27-13-12-18(35-27)19(24(33)34-9-2)20(27)22(31)28(21)15-10-11-16-30/h8,18-21,30H,1,9-17H2,2-7H3/t18-,19+,20-,21?,27?/m0/s1. The predicted octanol–water partition coefficient (Wildman–Crippen LogP) is 3.64. The minimum atomic E-state index is -0.632. The Balaban J connectivity index is 2.04. The quantitative estimate of drug-likeness (QED) is 0.260. The van der Waals surface area contributed by atoms with E-state index >= 15 is 0 Å². The number of ether oxygens (including phenoxy) is 1. The maximum Gasteiger partial charge on any atom is 0.310 e. The number of esters is 1. The number of likely N-dealkylation sites (tertiary alicyclic amines) is 1. The van der Waals surface area contributed by atoms with Crippen molar-refractivity contribution < 1.29 is 24.2 Å². The van der Waals surface area contributed by atoms with Crippen LogP contribution in [0.1, 0.15) is 73.6 Å². The van der Waals surface area contributed by atoms with Crippen LogP contribution in [0.2, 0.25) is 0 Å². The average molecular weight is 509 g/mol. The van der Waals surface area contributed by atoms with Gasteiger partial charge in [-0.2, -0.15) is 0 Å². The van der Waals surface area contributed by atoms with Crippen LogP contribution in [-0.4, -0.2) is 80.6 Å². The van der Waals surface area contributed by atoms with Crippen LogP contribution in [0, 0.1) is 17.3 Å². The molecule has 0 aliphatic carbocycles. The molecule has 2 unspecified atom stereocenters. The fraction of sp³-hybridized carbons (Fsp3) is 0.815. The van der Waals surface area contributed by atoms with E-state index in [9.17, 15) is 19.5 Å². The number of rotatable bonds is 11.